The van der Waals surface area contributed by atoms with E-state index in [9.17, 15) is 4.79 Å². The minimum Gasteiger partial charge on any atom is -0.482 e. The zero-order chi connectivity index (χ0) is 16.2. The largest absolute Gasteiger partial charge is 0.482 e. The molecule has 1 aromatic heterocycles. The van der Waals surface area contributed by atoms with Gasteiger partial charge in [0.25, 0.3) is 0 Å². The van der Waals surface area contributed by atoms with E-state index >= 15 is 0 Å². The number of ether oxygens (including phenoxy) is 1. The second-order valence-corrected chi connectivity index (χ2v) is 5.19. The van der Waals surface area contributed by atoms with Gasteiger partial charge in [-0.05, 0) is 42.0 Å². The number of carbonyl (C=O) groups is 1. The Hall–Kier alpha value is -2.79. The smallest absolute Gasteiger partial charge is 0.341 e. The minimum absolute atomic E-state index is 0.360. The van der Waals surface area contributed by atoms with Crippen LogP contribution in [0.5, 0.6) is 5.75 Å². The lowest BCUT2D eigenvalue weighted by Gasteiger charge is -2.02. The van der Waals surface area contributed by atoms with Gasteiger partial charge in [0.1, 0.15) is 11.3 Å². The highest BCUT2D eigenvalue weighted by molar-refractivity contribution is 6.31. The lowest BCUT2D eigenvalue weighted by Crippen LogP contribution is -2.09. The third-order valence-electron chi connectivity index (χ3n) is 3.03. The van der Waals surface area contributed by atoms with E-state index in [0.29, 0.717) is 27.8 Å². The summed E-state index contributed by atoms with van der Waals surface area (Å²) in [6.45, 7) is -0.360. The van der Waals surface area contributed by atoms with E-state index < -0.39 is 5.97 Å². The number of benzene rings is 2. The Labute approximate surface area is 136 Å². The summed E-state index contributed by atoms with van der Waals surface area (Å²) in [7, 11) is 0. The summed E-state index contributed by atoms with van der Waals surface area (Å²) < 4.78 is 10.7. The highest BCUT2D eigenvalue weighted by Crippen LogP contribution is 2.21. The molecule has 0 saturated heterocycles. The van der Waals surface area contributed by atoms with Crippen molar-refractivity contribution in [3.8, 4) is 5.75 Å². The van der Waals surface area contributed by atoms with Crippen LogP contribution in [0.4, 0.5) is 0 Å². The maximum absolute atomic E-state index is 10.4. The molecule has 0 aliphatic rings. The highest BCUT2D eigenvalue weighted by atomic mass is 35.5. The predicted octanol–water partition coefficient (Wildman–Crippen LogP) is 4.12. The van der Waals surface area contributed by atoms with Gasteiger partial charge in [-0.25, -0.2) is 9.78 Å². The first-order valence-corrected chi connectivity index (χ1v) is 7.17. The fourth-order valence-corrected chi connectivity index (χ4v) is 2.14. The number of fused-ring (bicyclic) bond motifs is 1. The number of aromatic nitrogens is 1. The van der Waals surface area contributed by atoms with E-state index in [2.05, 4.69) is 4.98 Å². The van der Waals surface area contributed by atoms with E-state index in [1.54, 1.807) is 36.4 Å². The Morgan fingerprint density at radius 3 is 2.74 bits per heavy atom. The molecule has 1 heterocycles. The fraction of sp³-hybridized carbons (Fsp3) is 0.0588. The van der Waals surface area contributed by atoms with E-state index in [4.69, 9.17) is 25.9 Å². The zero-order valence-corrected chi connectivity index (χ0v) is 12.7. The summed E-state index contributed by atoms with van der Waals surface area (Å²) in [5.74, 6) is -0.0282. The number of hydrogen-bond acceptors (Lipinski definition) is 4. The normalized spacial score (nSPS) is 11.2. The maximum Gasteiger partial charge on any atom is 0.341 e. The van der Waals surface area contributed by atoms with Crippen molar-refractivity contribution in [1.29, 1.82) is 0 Å². The lowest BCUT2D eigenvalue weighted by molar-refractivity contribution is -0.139. The highest BCUT2D eigenvalue weighted by Gasteiger charge is 2.03. The molecule has 0 radical (unpaired) electrons. The van der Waals surface area contributed by atoms with Crippen LogP contribution in [0.3, 0.4) is 0 Å². The molecule has 0 atom stereocenters. The summed E-state index contributed by atoms with van der Waals surface area (Å²) >= 11 is 5.91. The predicted molar refractivity (Wildman–Crippen MR) is 87.5 cm³/mol. The van der Waals surface area contributed by atoms with Crippen LogP contribution in [0.1, 0.15) is 11.5 Å². The van der Waals surface area contributed by atoms with Crippen LogP contribution in [0.2, 0.25) is 5.02 Å². The van der Waals surface area contributed by atoms with Crippen molar-refractivity contribution in [2.24, 2.45) is 0 Å². The molecule has 0 fully saturated rings. The molecule has 6 heteroatoms. The Morgan fingerprint density at radius 1 is 1.22 bits per heavy atom. The van der Waals surface area contributed by atoms with Gasteiger partial charge < -0.3 is 14.3 Å². The van der Waals surface area contributed by atoms with E-state index in [1.807, 2.05) is 18.2 Å². The molecule has 3 aromatic rings. The quantitative estimate of drug-likeness (QED) is 0.762. The number of carboxylic acid groups (broad SMARTS) is 1. The molecule has 0 aliphatic heterocycles. The van der Waals surface area contributed by atoms with Gasteiger partial charge in [0.2, 0.25) is 5.89 Å². The number of halogens is 1. The Balaban J connectivity index is 1.72. The van der Waals surface area contributed by atoms with Crippen molar-refractivity contribution < 1.29 is 19.1 Å². The first kappa shape index (κ1) is 15.1. The molecule has 0 saturated carbocycles. The van der Waals surface area contributed by atoms with Crippen molar-refractivity contribution in [3.05, 3.63) is 58.9 Å². The summed E-state index contributed by atoms with van der Waals surface area (Å²) in [6, 6.07) is 12.3. The number of aliphatic carboxylic acids is 1. The molecule has 0 unspecified atom stereocenters. The monoisotopic (exact) mass is 329 g/mol. The standard InChI is InChI=1S/C17H12ClNO4/c18-12-4-7-15-14(9-12)19-16(23-15)8-3-11-1-5-13(6-2-11)22-10-17(20)21/h1-9H,10H2,(H,20,21)/b8-3+. The van der Waals surface area contributed by atoms with Crippen molar-refractivity contribution in [2.75, 3.05) is 6.61 Å². The van der Waals surface area contributed by atoms with Gasteiger partial charge >= 0.3 is 5.97 Å². The Bertz CT molecular complexity index is 868. The number of oxazole rings is 1. The molecule has 0 amide bonds. The minimum atomic E-state index is -1.01. The number of carboxylic acids is 1. The molecular weight excluding hydrogens is 318 g/mol. The van der Waals surface area contributed by atoms with Crippen LogP contribution in [0.15, 0.2) is 46.9 Å². The maximum atomic E-state index is 10.4. The van der Waals surface area contributed by atoms with E-state index in [-0.39, 0.29) is 6.61 Å². The summed E-state index contributed by atoms with van der Waals surface area (Å²) in [4.78, 5) is 14.8. The third-order valence-corrected chi connectivity index (χ3v) is 3.26. The second kappa shape index (κ2) is 6.54. The summed E-state index contributed by atoms with van der Waals surface area (Å²) in [5, 5.41) is 9.16. The average molecular weight is 330 g/mol. The molecule has 0 aliphatic carbocycles. The van der Waals surface area contributed by atoms with E-state index in [1.165, 1.54) is 0 Å². The SMILES string of the molecule is O=C(O)COc1ccc(/C=C/c2nc3cc(Cl)ccc3o2)cc1. The Morgan fingerprint density at radius 2 is 2.00 bits per heavy atom. The van der Waals surface area contributed by atoms with Gasteiger partial charge in [-0.1, -0.05) is 23.7 Å². The molecule has 1 N–H and O–H groups in total. The van der Waals surface area contributed by atoms with Gasteiger partial charge in [-0.2, -0.15) is 0 Å². The van der Waals surface area contributed by atoms with E-state index in [0.717, 1.165) is 5.56 Å². The Kier molecular flexibility index (Phi) is 4.30. The lowest BCUT2D eigenvalue weighted by atomic mass is 10.2. The number of rotatable bonds is 5. The van der Waals surface area contributed by atoms with Crippen LogP contribution < -0.4 is 4.74 Å². The first-order chi connectivity index (χ1) is 11.1. The molecule has 2 aromatic carbocycles. The molecule has 23 heavy (non-hydrogen) atoms. The van der Waals surface area contributed by atoms with Gasteiger partial charge in [0.05, 0.1) is 0 Å². The molecule has 3 rings (SSSR count). The molecule has 5 nitrogen and oxygen atoms in total. The molecule has 116 valence electrons. The van der Waals surface area contributed by atoms with Crippen LogP contribution in [-0.4, -0.2) is 22.7 Å². The summed E-state index contributed by atoms with van der Waals surface area (Å²) in [6.07, 6.45) is 3.59. The van der Waals surface area contributed by atoms with Gasteiger partial charge in [0, 0.05) is 11.1 Å². The summed E-state index contributed by atoms with van der Waals surface area (Å²) in [5.41, 5.74) is 2.29. The molecular formula is C17H12ClNO4. The van der Waals surface area contributed by atoms with Gasteiger partial charge in [0.15, 0.2) is 12.2 Å². The van der Waals surface area contributed by atoms with Crippen molar-refractivity contribution in [3.63, 3.8) is 0 Å². The van der Waals surface area contributed by atoms with Crippen LogP contribution in [0, 0.1) is 0 Å². The molecule has 0 bridgehead atoms. The third kappa shape index (κ3) is 3.90. The van der Waals surface area contributed by atoms with Gasteiger partial charge in [-0.3, -0.25) is 0 Å². The fourth-order valence-electron chi connectivity index (χ4n) is 1.98. The zero-order valence-electron chi connectivity index (χ0n) is 11.9. The van der Waals surface area contributed by atoms with Crippen molar-refractivity contribution >= 4 is 40.8 Å². The molecule has 0 spiro atoms. The first-order valence-electron chi connectivity index (χ1n) is 6.79. The average Bonchev–Trinajstić information content (AvgIpc) is 2.94. The number of hydrogen-bond donors (Lipinski definition) is 1. The van der Waals surface area contributed by atoms with Gasteiger partial charge in [-0.15, -0.1) is 0 Å². The van der Waals surface area contributed by atoms with Crippen molar-refractivity contribution in [2.45, 2.75) is 0 Å². The van der Waals surface area contributed by atoms with Crippen LogP contribution >= 0.6 is 11.6 Å². The second-order valence-electron chi connectivity index (χ2n) is 4.75. The number of nitrogens with zero attached hydrogens (tertiary/aromatic N) is 1. The van der Waals surface area contributed by atoms with Crippen molar-refractivity contribution in [1.82, 2.24) is 4.98 Å². The topological polar surface area (TPSA) is 72.6 Å². The van der Waals surface area contributed by atoms with Crippen LogP contribution in [-0.2, 0) is 4.79 Å². The van der Waals surface area contributed by atoms with Crippen LogP contribution in [0.25, 0.3) is 23.3 Å².